The number of rotatable bonds is 8. The van der Waals surface area contributed by atoms with Crippen molar-refractivity contribution in [3.05, 3.63) is 71.3 Å². The van der Waals surface area contributed by atoms with E-state index in [1.54, 1.807) is 17.0 Å². The molecule has 0 aliphatic rings. The number of ether oxygens (including phenoxy) is 1. The molecule has 0 saturated carbocycles. The van der Waals surface area contributed by atoms with Crippen LogP contribution < -0.4 is 0 Å². The number of carbonyl (C=O) groups excluding carboxylic acids is 1. The molecule has 0 aromatic heterocycles. The van der Waals surface area contributed by atoms with Crippen LogP contribution in [0.1, 0.15) is 30.0 Å². The van der Waals surface area contributed by atoms with E-state index in [2.05, 4.69) is 6.07 Å². The smallest absolute Gasteiger partial charge is 0.248 e. The van der Waals surface area contributed by atoms with Gasteiger partial charge in [0.25, 0.3) is 0 Å². The van der Waals surface area contributed by atoms with Crippen molar-refractivity contribution in [2.24, 2.45) is 0 Å². The van der Waals surface area contributed by atoms with Gasteiger partial charge in [-0.2, -0.15) is 5.26 Å². The zero-order valence-electron chi connectivity index (χ0n) is 13.9. The average molecular weight is 322 g/mol. The normalized spacial score (nSPS) is 10.2. The molecule has 1 amide bonds. The molecule has 0 radical (unpaired) electrons. The van der Waals surface area contributed by atoms with Gasteiger partial charge in [-0.25, -0.2) is 0 Å². The third-order valence-electron chi connectivity index (χ3n) is 3.64. The summed E-state index contributed by atoms with van der Waals surface area (Å²) in [7, 11) is 0. The topological polar surface area (TPSA) is 53.3 Å². The molecule has 0 aliphatic heterocycles. The van der Waals surface area contributed by atoms with E-state index in [9.17, 15) is 4.79 Å². The second-order valence-corrected chi connectivity index (χ2v) is 5.60. The van der Waals surface area contributed by atoms with Crippen molar-refractivity contribution in [2.75, 3.05) is 13.2 Å². The average Bonchev–Trinajstić information content (AvgIpc) is 2.63. The Kier molecular flexibility index (Phi) is 7.00. The molecule has 0 heterocycles. The van der Waals surface area contributed by atoms with E-state index in [0.717, 1.165) is 17.5 Å². The largest absolute Gasteiger partial charge is 0.367 e. The van der Waals surface area contributed by atoms with Crippen LogP contribution >= 0.6 is 0 Å². The van der Waals surface area contributed by atoms with E-state index in [1.807, 2.05) is 49.4 Å². The van der Waals surface area contributed by atoms with Crippen molar-refractivity contribution in [1.29, 1.82) is 5.26 Å². The molecule has 2 aromatic rings. The van der Waals surface area contributed by atoms with Crippen LogP contribution in [0.25, 0.3) is 0 Å². The van der Waals surface area contributed by atoms with Crippen LogP contribution in [-0.2, 0) is 22.7 Å². The Bertz CT molecular complexity index is 675. The van der Waals surface area contributed by atoms with Gasteiger partial charge >= 0.3 is 0 Å². The zero-order valence-corrected chi connectivity index (χ0v) is 13.9. The van der Waals surface area contributed by atoms with Gasteiger partial charge in [-0.15, -0.1) is 0 Å². The summed E-state index contributed by atoms with van der Waals surface area (Å²) < 4.78 is 5.55. The second-order valence-electron chi connectivity index (χ2n) is 5.60. The molecule has 0 unspecified atom stereocenters. The molecule has 2 rings (SSSR count). The van der Waals surface area contributed by atoms with E-state index >= 15 is 0 Å². The highest BCUT2D eigenvalue weighted by Crippen LogP contribution is 2.09. The summed E-state index contributed by atoms with van der Waals surface area (Å²) in [6.45, 7) is 3.78. The third-order valence-corrected chi connectivity index (χ3v) is 3.64. The summed E-state index contributed by atoms with van der Waals surface area (Å²) in [6.07, 6.45) is 0.890. The molecular weight excluding hydrogens is 300 g/mol. The number of benzene rings is 2. The Hall–Kier alpha value is -2.64. The first-order valence-electron chi connectivity index (χ1n) is 8.11. The van der Waals surface area contributed by atoms with Gasteiger partial charge in [0.1, 0.15) is 6.61 Å². The molecule has 124 valence electrons. The van der Waals surface area contributed by atoms with Crippen molar-refractivity contribution >= 4 is 5.91 Å². The highest BCUT2D eigenvalue weighted by molar-refractivity contribution is 5.77. The summed E-state index contributed by atoms with van der Waals surface area (Å²) in [5.41, 5.74) is 2.69. The number of hydrogen-bond acceptors (Lipinski definition) is 3. The lowest BCUT2D eigenvalue weighted by Crippen LogP contribution is -2.34. The molecular formula is C20H22N2O2. The van der Waals surface area contributed by atoms with Gasteiger partial charge < -0.3 is 9.64 Å². The van der Waals surface area contributed by atoms with Crippen molar-refractivity contribution in [3.8, 4) is 6.07 Å². The predicted octanol–water partition coefficient (Wildman–Crippen LogP) is 3.51. The van der Waals surface area contributed by atoms with Crippen molar-refractivity contribution < 1.29 is 9.53 Å². The van der Waals surface area contributed by atoms with Crippen LogP contribution in [0.15, 0.2) is 54.6 Å². The number of nitriles is 1. The second kappa shape index (κ2) is 9.49. The van der Waals surface area contributed by atoms with Crippen molar-refractivity contribution in [2.45, 2.75) is 26.5 Å². The van der Waals surface area contributed by atoms with Crippen molar-refractivity contribution in [1.82, 2.24) is 4.90 Å². The van der Waals surface area contributed by atoms with Crippen LogP contribution in [0.4, 0.5) is 0 Å². The van der Waals surface area contributed by atoms with E-state index in [1.165, 1.54) is 0 Å². The van der Waals surface area contributed by atoms with Gasteiger partial charge in [0.2, 0.25) is 5.91 Å². The minimum Gasteiger partial charge on any atom is -0.367 e. The van der Waals surface area contributed by atoms with Gasteiger partial charge in [0, 0.05) is 13.1 Å². The SMILES string of the molecule is CCCN(Cc1ccc(C#N)cc1)C(=O)COCc1ccccc1. The quantitative estimate of drug-likeness (QED) is 0.747. The molecule has 2 aromatic carbocycles. The van der Waals surface area contributed by atoms with Gasteiger partial charge in [0.15, 0.2) is 0 Å². The fraction of sp³-hybridized carbons (Fsp3) is 0.300. The molecule has 0 aliphatic carbocycles. The van der Waals surface area contributed by atoms with Crippen LogP contribution in [-0.4, -0.2) is 24.0 Å². The lowest BCUT2D eigenvalue weighted by Gasteiger charge is -2.22. The number of nitrogens with zero attached hydrogens (tertiary/aromatic N) is 2. The van der Waals surface area contributed by atoms with Gasteiger partial charge in [-0.3, -0.25) is 4.79 Å². The number of carbonyl (C=O) groups is 1. The Morgan fingerprint density at radius 2 is 1.79 bits per heavy atom. The molecule has 24 heavy (non-hydrogen) atoms. The Labute approximate surface area is 143 Å². The molecule has 0 atom stereocenters. The molecule has 0 saturated heterocycles. The third kappa shape index (κ3) is 5.53. The van der Waals surface area contributed by atoms with Crippen LogP contribution in [0.2, 0.25) is 0 Å². The van der Waals surface area contributed by atoms with Gasteiger partial charge in [0.05, 0.1) is 18.2 Å². The summed E-state index contributed by atoms with van der Waals surface area (Å²) in [5, 5.41) is 8.84. The molecule has 0 fully saturated rings. The van der Waals surface area contributed by atoms with E-state index in [0.29, 0.717) is 25.3 Å². The van der Waals surface area contributed by atoms with E-state index in [-0.39, 0.29) is 12.5 Å². The lowest BCUT2D eigenvalue weighted by atomic mass is 10.1. The highest BCUT2D eigenvalue weighted by Gasteiger charge is 2.13. The Morgan fingerprint density at radius 1 is 1.08 bits per heavy atom. The zero-order chi connectivity index (χ0) is 17.2. The maximum Gasteiger partial charge on any atom is 0.248 e. The fourth-order valence-electron chi connectivity index (χ4n) is 2.39. The Morgan fingerprint density at radius 3 is 2.42 bits per heavy atom. The minimum absolute atomic E-state index is 0.0165. The first kappa shape index (κ1) is 17.7. The number of amides is 1. The highest BCUT2D eigenvalue weighted by atomic mass is 16.5. The maximum atomic E-state index is 12.4. The molecule has 0 bridgehead atoms. The summed E-state index contributed by atoms with van der Waals surface area (Å²) in [6, 6.07) is 19.2. The van der Waals surface area contributed by atoms with E-state index in [4.69, 9.17) is 10.00 Å². The summed E-state index contributed by atoms with van der Waals surface area (Å²) in [4.78, 5) is 14.2. The molecule has 4 nitrogen and oxygen atoms in total. The van der Waals surface area contributed by atoms with Gasteiger partial charge in [-0.05, 0) is 29.7 Å². The Balaban J connectivity index is 1.88. The standard InChI is InChI=1S/C20H22N2O2/c1-2-12-22(14-18-10-8-17(13-21)9-11-18)20(23)16-24-15-19-6-4-3-5-7-19/h3-11H,2,12,14-16H2,1H3. The predicted molar refractivity (Wildman–Crippen MR) is 93.0 cm³/mol. The van der Waals surface area contributed by atoms with Gasteiger partial charge in [-0.1, -0.05) is 49.4 Å². The minimum atomic E-state index is -0.0165. The first-order valence-corrected chi connectivity index (χ1v) is 8.11. The maximum absolute atomic E-state index is 12.4. The number of hydrogen-bond donors (Lipinski definition) is 0. The van der Waals surface area contributed by atoms with Crippen LogP contribution in [0.3, 0.4) is 0 Å². The molecule has 0 N–H and O–H groups in total. The van der Waals surface area contributed by atoms with Crippen molar-refractivity contribution in [3.63, 3.8) is 0 Å². The lowest BCUT2D eigenvalue weighted by molar-refractivity contribution is -0.137. The monoisotopic (exact) mass is 322 g/mol. The molecule has 0 spiro atoms. The van der Waals surface area contributed by atoms with E-state index < -0.39 is 0 Å². The first-order chi connectivity index (χ1) is 11.7. The van der Waals surface area contributed by atoms with Crippen LogP contribution in [0.5, 0.6) is 0 Å². The summed E-state index contributed by atoms with van der Waals surface area (Å²) in [5.74, 6) is -0.0165. The molecule has 4 heteroatoms. The van der Waals surface area contributed by atoms with Crippen LogP contribution in [0, 0.1) is 11.3 Å². The summed E-state index contributed by atoms with van der Waals surface area (Å²) >= 11 is 0. The fourth-order valence-corrected chi connectivity index (χ4v) is 2.39.